The third kappa shape index (κ3) is 2.76. The van der Waals surface area contributed by atoms with E-state index in [2.05, 4.69) is 61.5 Å². The lowest BCUT2D eigenvalue weighted by Crippen LogP contribution is -2.26. The summed E-state index contributed by atoms with van der Waals surface area (Å²) in [5.41, 5.74) is 3.16. The number of hydrogen-bond acceptors (Lipinski definition) is 2. The Morgan fingerprint density at radius 3 is 1.67 bits per heavy atom. The number of hydrogen-bond donors (Lipinski definition) is 0. The van der Waals surface area contributed by atoms with Crippen LogP contribution in [0.1, 0.15) is 23.6 Å². The minimum atomic E-state index is -0.345. The van der Waals surface area contributed by atoms with E-state index < -0.39 is 0 Å². The van der Waals surface area contributed by atoms with Gasteiger partial charge in [-0.2, -0.15) is 0 Å². The van der Waals surface area contributed by atoms with E-state index in [1.807, 2.05) is 24.3 Å². The first-order valence-electron chi connectivity index (χ1n) is 8.03. The van der Waals surface area contributed by atoms with Crippen molar-refractivity contribution in [3.05, 3.63) is 95.6 Å². The maximum absolute atomic E-state index is 5.68. The molecule has 2 nitrogen and oxygen atoms in total. The topological polar surface area (TPSA) is 18.5 Å². The van der Waals surface area contributed by atoms with Gasteiger partial charge in [0.25, 0.3) is 0 Å². The van der Waals surface area contributed by atoms with Crippen molar-refractivity contribution in [2.24, 2.45) is 0 Å². The first-order chi connectivity index (χ1) is 11.7. The van der Waals surface area contributed by atoms with Gasteiger partial charge >= 0.3 is 0 Å². The average molecular weight is 318 g/mol. The molecule has 0 saturated heterocycles. The van der Waals surface area contributed by atoms with E-state index in [4.69, 9.17) is 9.47 Å². The van der Waals surface area contributed by atoms with Crippen molar-refractivity contribution in [2.75, 3.05) is 14.2 Å². The Morgan fingerprint density at radius 1 is 0.667 bits per heavy atom. The van der Waals surface area contributed by atoms with Gasteiger partial charge in [-0.3, -0.25) is 0 Å². The van der Waals surface area contributed by atoms with E-state index in [0.717, 1.165) is 17.1 Å². The Hall–Kier alpha value is -2.74. The zero-order valence-corrected chi connectivity index (χ0v) is 14.3. The molecule has 2 heteroatoms. The second kappa shape index (κ2) is 6.79. The van der Waals surface area contributed by atoms with Gasteiger partial charge in [0.2, 0.25) is 0 Å². The summed E-state index contributed by atoms with van der Waals surface area (Å²) < 4.78 is 11.1. The van der Waals surface area contributed by atoms with E-state index in [1.54, 1.807) is 14.2 Å². The minimum absolute atomic E-state index is 0.345. The van der Waals surface area contributed by atoms with Gasteiger partial charge in [-0.05, 0) is 36.2 Å². The molecule has 0 aromatic heterocycles. The fourth-order valence-corrected chi connectivity index (χ4v) is 3.23. The molecule has 0 atom stereocenters. The third-order valence-corrected chi connectivity index (χ3v) is 4.65. The van der Waals surface area contributed by atoms with Gasteiger partial charge in [0.15, 0.2) is 0 Å². The Labute approximate surface area is 143 Å². The fourth-order valence-electron chi connectivity index (χ4n) is 3.23. The highest BCUT2D eigenvalue weighted by molar-refractivity contribution is 5.56. The first kappa shape index (κ1) is 16.1. The molecular weight excluding hydrogens is 296 g/mol. The number of benzene rings is 3. The van der Waals surface area contributed by atoms with Crippen LogP contribution in [0.15, 0.2) is 78.9 Å². The highest BCUT2D eigenvalue weighted by atomic mass is 16.5. The zero-order valence-electron chi connectivity index (χ0n) is 14.3. The molecule has 0 saturated carbocycles. The Balaban J connectivity index is 2.31. The fraction of sp³-hybridized carbons (Fsp3) is 0.182. The van der Waals surface area contributed by atoms with Crippen LogP contribution in [0.25, 0.3) is 0 Å². The predicted octanol–water partition coefficient (Wildman–Crippen LogP) is 5.06. The van der Waals surface area contributed by atoms with Crippen molar-refractivity contribution in [3.8, 4) is 11.5 Å². The van der Waals surface area contributed by atoms with E-state index >= 15 is 0 Å². The van der Waals surface area contributed by atoms with E-state index in [1.165, 1.54) is 11.1 Å². The molecule has 0 radical (unpaired) electrons. The van der Waals surface area contributed by atoms with E-state index in [0.29, 0.717) is 0 Å². The van der Waals surface area contributed by atoms with Crippen LogP contribution in [-0.4, -0.2) is 14.2 Å². The minimum Gasteiger partial charge on any atom is -0.497 e. The Morgan fingerprint density at radius 2 is 1.21 bits per heavy atom. The molecule has 0 N–H and O–H groups in total. The maximum atomic E-state index is 5.68. The van der Waals surface area contributed by atoms with E-state index in [9.17, 15) is 0 Å². The summed E-state index contributed by atoms with van der Waals surface area (Å²) in [6.45, 7) is 2.23. The molecule has 0 aliphatic heterocycles. The highest BCUT2D eigenvalue weighted by Crippen LogP contribution is 2.44. The standard InChI is InChI=1S/C22H22O2/c1-22(17-10-6-4-7-11-17,18-12-8-5-9-13-18)20-16-19(23-2)14-15-21(20)24-3/h4-16H,1-3H3. The second-order valence-corrected chi connectivity index (χ2v) is 5.92. The van der Waals surface area contributed by atoms with Crippen LogP contribution >= 0.6 is 0 Å². The van der Waals surface area contributed by atoms with Gasteiger partial charge in [-0.1, -0.05) is 60.7 Å². The van der Waals surface area contributed by atoms with Crippen LogP contribution in [0.3, 0.4) is 0 Å². The number of rotatable bonds is 5. The second-order valence-electron chi connectivity index (χ2n) is 5.92. The predicted molar refractivity (Wildman–Crippen MR) is 98.0 cm³/mol. The molecule has 3 aromatic carbocycles. The summed E-state index contributed by atoms with van der Waals surface area (Å²) in [5, 5.41) is 0. The molecule has 24 heavy (non-hydrogen) atoms. The first-order valence-corrected chi connectivity index (χ1v) is 8.03. The summed E-state index contributed by atoms with van der Waals surface area (Å²) in [5.74, 6) is 1.68. The van der Waals surface area contributed by atoms with Crippen molar-refractivity contribution in [1.29, 1.82) is 0 Å². The molecule has 0 aliphatic rings. The molecule has 0 amide bonds. The van der Waals surface area contributed by atoms with Gasteiger partial charge in [0.05, 0.1) is 14.2 Å². The van der Waals surface area contributed by atoms with Gasteiger partial charge in [0.1, 0.15) is 11.5 Å². The zero-order chi connectivity index (χ0) is 17.0. The average Bonchev–Trinajstić information content (AvgIpc) is 2.68. The largest absolute Gasteiger partial charge is 0.497 e. The molecule has 0 spiro atoms. The molecule has 3 aromatic rings. The number of ether oxygens (including phenoxy) is 2. The van der Waals surface area contributed by atoms with Crippen molar-refractivity contribution < 1.29 is 9.47 Å². The molecule has 0 unspecified atom stereocenters. The van der Waals surface area contributed by atoms with Crippen molar-refractivity contribution in [3.63, 3.8) is 0 Å². The molecule has 0 aliphatic carbocycles. The smallest absolute Gasteiger partial charge is 0.123 e. The monoisotopic (exact) mass is 318 g/mol. The van der Waals surface area contributed by atoms with Crippen LogP contribution < -0.4 is 9.47 Å². The summed E-state index contributed by atoms with van der Waals surface area (Å²) >= 11 is 0. The molecule has 0 bridgehead atoms. The summed E-state index contributed by atoms with van der Waals surface area (Å²) in [7, 11) is 3.40. The van der Waals surface area contributed by atoms with Crippen LogP contribution in [-0.2, 0) is 5.41 Å². The molecule has 122 valence electrons. The summed E-state index contributed by atoms with van der Waals surface area (Å²) in [6, 6.07) is 27.0. The van der Waals surface area contributed by atoms with Crippen molar-refractivity contribution >= 4 is 0 Å². The molecule has 0 fully saturated rings. The van der Waals surface area contributed by atoms with Crippen LogP contribution in [0.2, 0.25) is 0 Å². The van der Waals surface area contributed by atoms with Crippen molar-refractivity contribution in [1.82, 2.24) is 0 Å². The molecular formula is C22H22O2. The van der Waals surface area contributed by atoms with Gasteiger partial charge in [-0.15, -0.1) is 0 Å². The van der Waals surface area contributed by atoms with Crippen LogP contribution in [0, 0.1) is 0 Å². The lowest BCUT2D eigenvalue weighted by atomic mass is 9.70. The highest BCUT2D eigenvalue weighted by Gasteiger charge is 2.34. The molecule has 3 rings (SSSR count). The Kier molecular flexibility index (Phi) is 4.57. The summed E-state index contributed by atoms with van der Waals surface area (Å²) in [6.07, 6.45) is 0. The van der Waals surface area contributed by atoms with Crippen LogP contribution in [0.5, 0.6) is 11.5 Å². The molecule has 0 heterocycles. The number of methoxy groups -OCH3 is 2. The maximum Gasteiger partial charge on any atom is 0.123 e. The normalized spacial score (nSPS) is 11.1. The van der Waals surface area contributed by atoms with Gasteiger partial charge in [-0.25, -0.2) is 0 Å². The van der Waals surface area contributed by atoms with Gasteiger partial charge in [0, 0.05) is 11.0 Å². The Bertz CT molecular complexity index is 755. The van der Waals surface area contributed by atoms with Gasteiger partial charge < -0.3 is 9.47 Å². The van der Waals surface area contributed by atoms with Crippen LogP contribution in [0.4, 0.5) is 0 Å². The third-order valence-electron chi connectivity index (χ3n) is 4.65. The SMILES string of the molecule is COc1ccc(OC)c(C(C)(c2ccccc2)c2ccccc2)c1. The lowest BCUT2D eigenvalue weighted by molar-refractivity contribution is 0.393. The summed E-state index contributed by atoms with van der Waals surface area (Å²) in [4.78, 5) is 0. The van der Waals surface area contributed by atoms with Crippen molar-refractivity contribution in [2.45, 2.75) is 12.3 Å². The van der Waals surface area contributed by atoms with E-state index in [-0.39, 0.29) is 5.41 Å². The lowest BCUT2D eigenvalue weighted by Gasteiger charge is -2.33. The quantitative estimate of drug-likeness (QED) is 0.612.